The zero-order valence-electron chi connectivity index (χ0n) is 10.5. The van der Waals surface area contributed by atoms with Crippen LogP contribution in [-0.4, -0.2) is 34.6 Å². The molecule has 1 saturated heterocycles. The molecule has 1 aromatic heterocycles. The smallest absolute Gasteiger partial charge is 0.222 e. The van der Waals surface area contributed by atoms with Crippen molar-refractivity contribution < 1.29 is 9.90 Å². The molecule has 0 radical (unpaired) electrons. The van der Waals surface area contributed by atoms with Crippen molar-refractivity contribution in [2.45, 2.75) is 38.2 Å². The summed E-state index contributed by atoms with van der Waals surface area (Å²) in [5, 5.41) is 9.85. The van der Waals surface area contributed by atoms with Gasteiger partial charge >= 0.3 is 0 Å². The molecule has 0 spiro atoms. The van der Waals surface area contributed by atoms with Crippen LogP contribution in [0, 0.1) is 0 Å². The Balaban J connectivity index is 1.67. The van der Waals surface area contributed by atoms with Gasteiger partial charge in [0.2, 0.25) is 5.91 Å². The summed E-state index contributed by atoms with van der Waals surface area (Å²) < 4.78 is 1.14. The Morgan fingerprint density at radius 2 is 2.28 bits per heavy atom. The summed E-state index contributed by atoms with van der Waals surface area (Å²) in [5.41, 5.74) is -0.617. The molecule has 0 aliphatic carbocycles. The molecular formula is C13H18BrNO2S. The molecule has 100 valence electrons. The molecule has 0 saturated carbocycles. The van der Waals surface area contributed by atoms with Gasteiger partial charge in [-0.25, -0.2) is 0 Å². The minimum atomic E-state index is -0.617. The minimum Gasteiger partial charge on any atom is -0.386 e. The summed E-state index contributed by atoms with van der Waals surface area (Å²) in [4.78, 5) is 14.9. The van der Waals surface area contributed by atoms with Crippen molar-refractivity contribution in [1.29, 1.82) is 0 Å². The van der Waals surface area contributed by atoms with E-state index in [1.54, 1.807) is 16.2 Å². The number of thiophene rings is 1. The first kappa shape index (κ1) is 14.0. The maximum absolute atomic E-state index is 11.8. The number of amides is 1. The summed E-state index contributed by atoms with van der Waals surface area (Å²) in [6.45, 7) is 2.97. The first-order valence-corrected chi connectivity index (χ1v) is 7.88. The van der Waals surface area contributed by atoms with E-state index in [1.807, 2.05) is 13.0 Å². The molecule has 1 aliphatic rings. The number of rotatable bonds is 5. The summed E-state index contributed by atoms with van der Waals surface area (Å²) >= 11 is 5.16. The molecule has 1 aliphatic heterocycles. The van der Waals surface area contributed by atoms with Gasteiger partial charge < -0.3 is 10.0 Å². The minimum absolute atomic E-state index is 0.170. The van der Waals surface area contributed by atoms with Crippen molar-refractivity contribution in [1.82, 2.24) is 4.90 Å². The molecule has 0 aromatic carbocycles. The van der Waals surface area contributed by atoms with Gasteiger partial charge in [0.15, 0.2) is 0 Å². The van der Waals surface area contributed by atoms with Crippen molar-refractivity contribution >= 4 is 33.2 Å². The Morgan fingerprint density at radius 1 is 1.56 bits per heavy atom. The molecule has 0 bridgehead atoms. The Bertz CT molecular complexity index is 426. The van der Waals surface area contributed by atoms with Gasteiger partial charge in [-0.2, -0.15) is 0 Å². The van der Waals surface area contributed by atoms with Crippen LogP contribution in [0.5, 0.6) is 0 Å². The quantitative estimate of drug-likeness (QED) is 0.901. The number of hydrogen-bond donors (Lipinski definition) is 1. The van der Waals surface area contributed by atoms with Crippen molar-refractivity contribution in [2.75, 3.05) is 13.1 Å². The Labute approximate surface area is 120 Å². The molecule has 3 nitrogen and oxygen atoms in total. The topological polar surface area (TPSA) is 40.5 Å². The van der Waals surface area contributed by atoms with Gasteiger partial charge in [-0.15, -0.1) is 11.3 Å². The first-order chi connectivity index (χ1) is 8.52. The normalized spacial score (nSPS) is 17.6. The number of halogens is 1. The van der Waals surface area contributed by atoms with Gasteiger partial charge in [-0.05, 0) is 47.3 Å². The Kier molecular flexibility index (Phi) is 4.45. The van der Waals surface area contributed by atoms with E-state index >= 15 is 0 Å². The zero-order chi connectivity index (χ0) is 13.2. The summed E-state index contributed by atoms with van der Waals surface area (Å²) in [6, 6.07) is 4.14. The Morgan fingerprint density at radius 3 is 2.83 bits per heavy atom. The van der Waals surface area contributed by atoms with Gasteiger partial charge in [-0.1, -0.05) is 6.92 Å². The van der Waals surface area contributed by atoms with Crippen LogP contribution in [0.2, 0.25) is 0 Å². The summed E-state index contributed by atoms with van der Waals surface area (Å²) in [6.07, 6.45) is 3.13. The number of aliphatic hydroxyl groups is 1. The third-order valence-electron chi connectivity index (χ3n) is 3.42. The van der Waals surface area contributed by atoms with E-state index in [4.69, 9.17) is 0 Å². The lowest BCUT2D eigenvalue weighted by Gasteiger charge is -2.46. The maximum Gasteiger partial charge on any atom is 0.222 e. The van der Waals surface area contributed by atoms with Gasteiger partial charge in [0.05, 0.1) is 22.5 Å². The second kappa shape index (κ2) is 5.72. The van der Waals surface area contributed by atoms with Crippen LogP contribution in [-0.2, 0) is 11.2 Å². The van der Waals surface area contributed by atoms with E-state index in [-0.39, 0.29) is 5.91 Å². The standard InChI is InChI=1S/C13H18BrNO2S/c1-2-13(17)8-15(9-13)12(16)5-3-4-10-6-7-11(14)18-10/h6-7,17H,2-5,8-9H2,1H3. The van der Waals surface area contributed by atoms with Crippen LogP contribution in [0.25, 0.3) is 0 Å². The lowest BCUT2D eigenvalue weighted by atomic mass is 9.91. The number of nitrogens with zero attached hydrogens (tertiary/aromatic N) is 1. The highest BCUT2D eigenvalue weighted by molar-refractivity contribution is 9.11. The maximum atomic E-state index is 11.8. The number of carbonyl (C=O) groups is 1. The number of β-amino-alcohol motifs (C(OH)–C–C–N with tert-alkyl or cyclic N) is 1. The first-order valence-electron chi connectivity index (χ1n) is 6.27. The lowest BCUT2D eigenvalue weighted by molar-refractivity contribution is -0.155. The number of carbonyl (C=O) groups excluding carboxylic acids is 1. The van der Waals surface area contributed by atoms with Crippen LogP contribution < -0.4 is 0 Å². The second-order valence-electron chi connectivity index (χ2n) is 4.89. The molecular weight excluding hydrogens is 314 g/mol. The molecule has 1 N–H and O–H groups in total. The third kappa shape index (κ3) is 3.33. The van der Waals surface area contributed by atoms with E-state index in [0.717, 1.165) is 23.0 Å². The molecule has 0 atom stereocenters. The fraction of sp³-hybridized carbons (Fsp3) is 0.615. The van der Waals surface area contributed by atoms with Gasteiger partial charge in [0.1, 0.15) is 0 Å². The van der Waals surface area contributed by atoms with Crippen LogP contribution in [0.3, 0.4) is 0 Å². The third-order valence-corrected chi connectivity index (χ3v) is 5.11. The highest BCUT2D eigenvalue weighted by Crippen LogP contribution is 2.26. The van der Waals surface area contributed by atoms with Crippen LogP contribution in [0.15, 0.2) is 15.9 Å². The van der Waals surface area contributed by atoms with E-state index in [1.165, 1.54) is 4.88 Å². The fourth-order valence-electron chi connectivity index (χ4n) is 2.12. The van der Waals surface area contributed by atoms with E-state index in [0.29, 0.717) is 19.5 Å². The van der Waals surface area contributed by atoms with Crippen molar-refractivity contribution in [3.63, 3.8) is 0 Å². The van der Waals surface area contributed by atoms with E-state index < -0.39 is 5.60 Å². The zero-order valence-corrected chi connectivity index (χ0v) is 12.9. The highest BCUT2D eigenvalue weighted by Gasteiger charge is 2.41. The molecule has 5 heteroatoms. The molecule has 2 heterocycles. The fourth-order valence-corrected chi connectivity index (χ4v) is 3.65. The second-order valence-corrected chi connectivity index (χ2v) is 7.43. The van der Waals surface area contributed by atoms with Gasteiger partial charge in [-0.3, -0.25) is 4.79 Å². The van der Waals surface area contributed by atoms with Crippen molar-refractivity contribution in [3.8, 4) is 0 Å². The van der Waals surface area contributed by atoms with Crippen LogP contribution >= 0.6 is 27.3 Å². The van der Waals surface area contributed by atoms with Gasteiger partial charge in [0.25, 0.3) is 0 Å². The van der Waals surface area contributed by atoms with Crippen LogP contribution in [0.4, 0.5) is 0 Å². The Hall–Kier alpha value is -0.390. The van der Waals surface area contributed by atoms with Crippen molar-refractivity contribution in [2.24, 2.45) is 0 Å². The lowest BCUT2D eigenvalue weighted by Crippen LogP contribution is -2.63. The average molecular weight is 332 g/mol. The SMILES string of the molecule is CCC1(O)CN(C(=O)CCCc2ccc(Br)s2)C1. The average Bonchev–Trinajstić information content (AvgIpc) is 2.70. The number of likely N-dealkylation sites (tertiary alicyclic amines) is 1. The van der Waals surface area contributed by atoms with Crippen LogP contribution in [0.1, 0.15) is 31.1 Å². The molecule has 18 heavy (non-hydrogen) atoms. The van der Waals surface area contributed by atoms with E-state index in [2.05, 4.69) is 22.0 Å². The molecule has 1 amide bonds. The molecule has 1 fully saturated rings. The highest BCUT2D eigenvalue weighted by atomic mass is 79.9. The monoisotopic (exact) mass is 331 g/mol. The summed E-state index contributed by atoms with van der Waals surface area (Å²) in [5.74, 6) is 0.170. The summed E-state index contributed by atoms with van der Waals surface area (Å²) in [7, 11) is 0. The number of hydrogen-bond acceptors (Lipinski definition) is 3. The van der Waals surface area contributed by atoms with Gasteiger partial charge in [0, 0.05) is 11.3 Å². The molecule has 1 aromatic rings. The van der Waals surface area contributed by atoms with E-state index in [9.17, 15) is 9.90 Å². The predicted molar refractivity (Wildman–Crippen MR) is 76.8 cm³/mol. The molecule has 0 unspecified atom stereocenters. The van der Waals surface area contributed by atoms with Crippen molar-refractivity contribution in [3.05, 3.63) is 20.8 Å². The predicted octanol–water partition coefficient (Wildman–Crippen LogP) is 2.82. The number of aryl methyl sites for hydroxylation is 1. The molecule has 2 rings (SSSR count). The largest absolute Gasteiger partial charge is 0.386 e.